The number of sulfonamides is 1. The second kappa shape index (κ2) is 5.74. The van der Waals surface area contributed by atoms with Crippen molar-refractivity contribution in [1.82, 2.24) is 4.72 Å². The second-order valence-corrected chi connectivity index (χ2v) is 6.30. The van der Waals surface area contributed by atoms with Gasteiger partial charge in [0.15, 0.2) is 4.67 Å². The number of alkyl halides is 3. The average Bonchev–Trinajstić information content (AvgIpc) is 2.56. The van der Waals surface area contributed by atoms with Crippen molar-refractivity contribution in [3.05, 3.63) is 16.5 Å². The van der Waals surface area contributed by atoms with Gasteiger partial charge >= 0.3 is 12.1 Å². The highest BCUT2D eigenvalue weighted by atomic mass is 79.9. The molecule has 114 valence electrons. The molecule has 0 aliphatic carbocycles. The van der Waals surface area contributed by atoms with Gasteiger partial charge in [-0.1, -0.05) is 0 Å². The first-order valence-corrected chi connectivity index (χ1v) is 7.31. The molecule has 11 heteroatoms. The van der Waals surface area contributed by atoms with E-state index in [1.165, 1.54) is 0 Å². The van der Waals surface area contributed by atoms with E-state index in [-0.39, 0.29) is 0 Å². The van der Waals surface area contributed by atoms with Crippen molar-refractivity contribution >= 4 is 31.9 Å². The fraction of sp³-hybridized carbons (Fsp3) is 0.444. The van der Waals surface area contributed by atoms with Gasteiger partial charge in [0.25, 0.3) is 0 Å². The Labute approximate surface area is 120 Å². The molecule has 0 bridgehead atoms. The minimum atomic E-state index is -4.53. The number of halogens is 4. The number of carboxylic acid groups (broad SMARTS) is 1. The molecule has 1 aromatic rings. The van der Waals surface area contributed by atoms with Crippen LogP contribution in [-0.4, -0.2) is 31.7 Å². The summed E-state index contributed by atoms with van der Waals surface area (Å²) in [5.41, 5.74) is 0. The predicted octanol–water partition coefficient (Wildman–Crippen LogP) is 2.36. The first-order valence-electron chi connectivity index (χ1n) is 5.04. The molecule has 1 aromatic heterocycles. The molecule has 0 fully saturated rings. The Bertz CT molecular complexity index is 610. The third kappa shape index (κ3) is 4.49. The van der Waals surface area contributed by atoms with Crippen LogP contribution in [0.2, 0.25) is 0 Å². The molecular formula is C9H9BrF3NO5S. The molecule has 1 heterocycles. The van der Waals surface area contributed by atoms with E-state index in [0.29, 0.717) is 6.07 Å². The summed E-state index contributed by atoms with van der Waals surface area (Å²) in [6.45, 7) is 1.04. The number of rotatable bonds is 5. The van der Waals surface area contributed by atoms with Crippen LogP contribution in [0.15, 0.2) is 20.0 Å². The van der Waals surface area contributed by atoms with Crippen LogP contribution in [0, 0.1) is 0 Å². The average molecular weight is 380 g/mol. The maximum Gasteiger partial charge on any atom is 0.390 e. The van der Waals surface area contributed by atoms with E-state index in [9.17, 15) is 26.4 Å². The second-order valence-electron chi connectivity index (χ2n) is 3.90. The van der Waals surface area contributed by atoms with Crippen LogP contribution in [-0.2, 0) is 10.0 Å². The smallest absolute Gasteiger partial charge is 0.390 e. The topological polar surface area (TPSA) is 96.6 Å². The number of furan rings is 1. The Morgan fingerprint density at radius 3 is 2.50 bits per heavy atom. The molecule has 0 amide bonds. The van der Waals surface area contributed by atoms with Crippen LogP contribution in [0.5, 0.6) is 0 Å². The molecule has 0 aliphatic rings. The molecule has 0 radical (unpaired) electrons. The number of carbonyl (C=O) groups is 1. The van der Waals surface area contributed by atoms with Gasteiger partial charge in [0.2, 0.25) is 15.8 Å². The van der Waals surface area contributed by atoms with Crippen molar-refractivity contribution in [2.75, 3.05) is 0 Å². The molecule has 6 nitrogen and oxygen atoms in total. The lowest BCUT2D eigenvalue weighted by molar-refractivity contribution is -0.137. The third-order valence-electron chi connectivity index (χ3n) is 2.05. The number of hydrogen-bond donors (Lipinski definition) is 2. The first kappa shape index (κ1) is 17.0. The van der Waals surface area contributed by atoms with E-state index in [4.69, 9.17) is 5.11 Å². The largest absolute Gasteiger partial charge is 0.475 e. The van der Waals surface area contributed by atoms with Crippen molar-refractivity contribution in [1.29, 1.82) is 0 Å². The van der Waals surface area contributed by atoms with Gasteiger partial charge in [-0.25, -0.2) is 17.9 Å². The summed E-state index contributed by atoms with van der Waals surface area (Å²) >= 11 is 2.70. The summed E-state index contributed by atoms with van der Waals surface area (Å²) in [6.07, 6.45) is -5.88. The van der Waals surface area contributed by atoms with E-state index in [1.54, 1.807) is 4.72 Å². The van der Waals surface area contributed by atoms with Crippen molar-refractivity contribution in [2.24, 2.45) is 0 Å². The van der Waals surface area contributed by atoms with Crippen molar-refractivity contribution in [3.8, 4) is 0 Å². The molecule has 1 unspecified atom stereocenters. The molecule has 0 aromatic carbocycles. The molecule has 1 rings (SSSR count). The van der Waals surface area contributed by atoms with Gasteiger partial charge in [-0.15, -0.1) is 0 Å². The van der Waals surface area contributed by atoms with E-state index in [0.717, 1.165) is 6.92 Å². The van der Waals surface area contributed by atoms with Gasteiger partial charge in [-0.05, 0) is 22.9 Å². The van der Waals surface area contributed by atoms with Crippen LogP contribution >= 0.6 is 15.9 Å². The van der Waals surface area contributed by atoms with Crippen LogP contribution in [0.4, 0.5) is 13.2 Å². The van der Waals surface area contributed by atoms with Crippen molar-refractivity contribution in [3.63, 3.8) is 0 Å². The van der Waals surface area contributed by atoms with Gasteiger partial charge in [-0.3, -0.25) is 0 Å². The molecular weight excluding hydrogens is 371 g/mol. The molecule has 2 N–H and O–H groups in total. The van der Waals surface area contributed by atoms with Gasteiger partial charge < -0.3 is 9.52 Å². The summed E-state index contributed by atoms with van der Waals surface area (Å²) in [5, 5.41) is 8.64. The fourth-order valence-electron chi connectivity index (χ4n) is 1.36. The minimum absolute atomic E-state index is 0.401. The zero-order chi connectivity index (χ0) is 15.7. The number of aromatic carboxylic acids is 1. The van der Waals surface area contributed by atoms with Crippen LogP contribution in [0.3, 0.4) is 0 Å². The molecule has 0 saturated heterocycles. The molecule has 0 aliphatic heterocycles. The zero-order valence-corrected chi connectivity index (χ0v) is 12.3. The highest BCUT2D eigenvalue weighted by molar-refractivity contribution is 9.10. The fourth-order valence-corrected chi connectivity index (χ4v) is 3.54. The van der Waals surface area contributed by atoms with Gasteiger partial charge in [-0.2, -0.15) is 13.2 Å². The highest BCUT2D eigenvalue weighted by Gasteiger charge is 2.33. The lowest BCUT2D eigenvalue weighted by atomic mass is 10.2. The van der Waals surface area contributed by atoms with Gasteiger partial charge in [0.1, 0.15) is 4.90 Å². The Hall–Kier alpha value is -1.07. The monoisotopic (exact) mass is 379 g/mol. The maximum atomic E-state index is 12.1. The van der Waals surface area contributed by atoms with Crippen LogP contribution in [0.25, 0.3) is 0 Å². The standard InChI is InChI=1S/C9H9BrF3NO5S/c1-4(3-9(11,12)13)14-20(17,18)6-2-5(8(15)16)19-7(6)10/h2,4,14H,3H2,1H3,(H,15,16). The molecule has 0 saturated carbocycles. The van der Waals surface area contributed by atoms with Crippen LogP contribution in [0.1, 0.15) is 23.9 Å². The summed E-state index contributed by atoms with van der Waals surface area (Å²) in [5.74, 6) is -2.16. The quantitative estimate of drug-likeness (QED) is 0.818. The Morgan fingerprint density at radius 1 is 1.55 bits per heavy atom. The minimum Gasteiger partial charge on any atom is -0.475 e. The molecule has 1 atom stereocenters. The van der Waals surface area contributed by atoms with E-state index in [1.807, 2.05) is 0 Å². The van der Waals surface area contributed by atoms with Crippen molar-refractivity contribution in [2.45, 2.75) is 30.5 Å². The number of hydrogen-bond acceptors (Lipinski definition) is 4. The third-order valence-corrected chi connectivity index (χ3v) is 4.50. The Balaban J connectivity index is 2.97. The lowest BCUT2D eigenvalue weighted by Crippen LogP contribution is -2.35. The van der Waals surface area contributed by atoms with Crippen molar-refractivity contribution < 1.29 is 35.9 Å². The summed E-state index contributed by atoms with van der Waals surface area (Å²) in [4.78, 5) is 10.0. The summed E-state index contributed by atoms with van der Waals surface area (Å²) in [7, 11) is -4.33. The number of carboxylic acids is 1. The zero-order valence-electron chi connectivity index (χ0n) is 9.86. The Morgan fingerprint density at radius 2 is 2.10 bits per heavy atom. The van der Waals surface area contributed by atoms with E-state index in [2.05, 4.69) is 20.3 Å². The normalized spacial score (nSPS) is 14.2. The van der Waals surface area contributed by atoms with E-state index >= 15 is 0 Å². The first-order chi connectivity index (χ1) is 8.92. The summed E-state index contributed by atoms with van der Waals surface area (Å²) < 4.78 is 66.1. The van der Waals surface area contributed by atoms with Gasteiger partial charge in [0, 0.05) is 12.1 Å². The highest BCUT2D eigenvalue weighted by Crippen LogP contribution is 2.27. The van der Waals surface area contributed by atoms with Gasteiger partial charge in [0.05, 0.1) is 6.42 Å². The summed E-state index contributed by atoms with van der Waals surface area (Å²) in [6, 6.07) is -0.704. The predicted molar refractivity (Wildman–Crippen MR) is 63.8 cm³/mol. The van der Waals surface area contributed by atoms with Crippen LogP contribution < -0.4 is 4.72 Å². The Kier molecular flexibility index (Phi) is 4.87. The molecule has 20 heavy (non-hydrogen) atoms. The maximum absolute atomic E-state index is 12.1. The molecule has 0 spiro atoms. The number of nitrogens with one attached hydrogen (secondary N) is 1. The van der Waals surface area contributed by atoms with E-state index < -0.39 is 50.0 Å². The SMILES string of the molecule is CC(CC(F)(F)F)NS(=O)(=O)c1cc(C(=O)O)oc1Br. The lowest BCUT2D eigenvalue weighted by Gasteiger charge is -2.15.